The molecule has 4 heteroatoms. The van der Waals surface area contributed by atoms with Crippen LogP contribution >= 0.6 is 0 Å². The molecule has 0 amide bonds. The summed E-state index contributed by atoms with van der Waals surface area (Å²) in [5.41, 5.74) is 0. The second-order valence-corrected chi connectivity index (χ2v) is 2.71. The monoisotopic (exact) mass is 178 g/mol. The highest BCUT2D eigenvalue weighted by Gasteiger charge is 1.97. The average Bonchev–Trinajstić information content (AvgIpc) is 2.52. The number of nitrogens with one attached hydrogen (secondary N) is 1. The zero-order valence-corrected chi connectivity index (χ0v) is 8.04. The van der Waals surface area contributed by atoms with E-state index in [0.29, 0.717) is 0 Å². The Balaban J connectivity index is 2.19. The quantitative estimate of drug-likeness (QED) is 0.533. The van der Waals surface area contributed by atoms with E-state index in [2.05, 4.69) is 27.4 Å². The van der Waals surface area contributed by atoms with Gasteiger partial charge in [-0.15, -0.1) is 22.0 Å². The van der Waals surface area contributed by atoms with Gasteiger partial charge in [-0.05, 0) is 6.92 Å². The highest BCUT2D eigenvalue weighted by Crippen LogP contribution is 1.89. The standard InChI is InChI=1S/C9H14N4/c1-3-4-5-6-10-7-9-12-11-8-13(9)2/h8,10H,5-7H2,1-2H3. The largest absolute Gasteiger partial charge is 0.320 e. The van der Waals surface area contributed by atoms with Crippen LogP contribution < -0.4 is 5.32 Å². The van der Waals surface area contributed by atoms with Crippen molar-refractivity contribution in [3.63, 3.8) is 0 Å². The third kappa shape index (κ3) is 3.26. The van der Waals surface area contributed by atoms with E-state index in [1.807, 2.05) is 18.5 Å². The predicted octanol–water partition coefficient (Wildman–Crippen LogP) is 0.318. The molecule has 0 spiro atoms. The van der Waals surface area contributed by atoms with Crippen LogP contribution in [-0.2, 0) is 13.6 Å². The normalized spacial score (nSPS) is 9.38. The van der Waals surface area contributed by atoms with Gasteiger partial charge in [0.15, 0.2) is 0 Å². The minimum absolute atomic E-state index is 0.752. The SMILES string of the molecule is CC#CCCNCc1nncn1C. The highest BCUT2D eigenvalue weighted by molar-refractivity contribution is 4.95. The van der Waals surface area contributed by atoms with Gasteiger partial charge in [-0.3, -0.25) is 0 Å². The Kier molecular flexibility index (Phi) is 4.00. The molecule has 0 radical (unpaired) electrons. The van der Waals surface area contributed by atoms with Gasteiger partial charge in [0.05, 0.1) is 6.54 Å². The predicted molar refractivity (Wildman–Crippen MR) is 50.8 cm³/mol. The van der Waals surface area contributed by atoms with Crippen LogP contribution in [0.25, 0.3) is 0 Å². The molecule has 1 aromatic rings. The molecule has 0 aliphatic rings. The van der Waals surface area contributed by atoms with E-state index in [1.54, 1.807) is 6.33 Å². The molecular formula is C9H14N4. The molecule has 0 bridgehead atoms. The van der Waals surface area contributed by atoms with Crippen molar-refractivity contribution in [2.75, 3.05) is 6.54 Å². The fraction of sp³-hybridized carbons (Fsp3) is 0.556. The van der Waals surface area contributed by atoms with Gasteiger partial charge in [-0.2, -0.15) is 0 Å². The summed E-state index contributed by atoms with van der Waals surface area (Å²) in [5, 5.41) is 11.0. The molecule has 0 unspecified atom stereocenters. The first-order chi connectivity index (χ1) is 6.34. The maximum Gasteiger partial charge on any atom is 0.146 e. The number of aromatic nitrogens is 3. The number of rotatable bonds is 4. The molecule has 4 nitrogen and oxygen atoms in total. The summed E-state index contributed by atoms with van der Waals surface area (Å²) in [6.45, 7) is 3.50. The molecule has 0 aliphatic carbocycles. The van der Waals surface area contributed by atoms with Crippen molar-refractivity contribution in [1.82, 2.24) is 20.1 Å². The first-order valence-corrected chi connectivity index (χ1v) is 4.28. The Morgan fingerprint density at radius 3 is 3.08 bits per heavy atom. The van der Waals surface area contributed by atoms with E-state index < -0.39 is 0 Å². The summed E-state index contributed by atoms with van der Waals surface area (Å²) >= 11 is 0. The molecule has 0 aliphatic heterocycles. The zero-order valence-electron chi connectivity index (χ0n) is 8.04. The van der Waals surface area contributed by atoms with E-state index in [4.69, 9.17) is 0 Å². The maximum atomic E-state index is 3.95. The number of nitrogens with zero attached hydrogens (tertiary/aromatic N) is 3. The average molecular weight is 178 g/mol. The number of hydrogen-bond donors (Lipinski definition) is 1. The number of aryl methyl sites for hydroxylation is 1. The van der Waals surface area contributed by atoms with E-state index >= 15 is 0 Å². The van der Waals surface area contributed by atoms with Crippen molar-refractivity contribution in [2.24, 2.45) is 7.05 Å². The smallest absolute Gasteiger partial charge is 0.146 e. The van der Waals surface area contributed by atoms with Crippen molar-refractivity contribution < 1.29 is 0 Å². The third-order valence-corrected chi connectivity index (χ3v) is 1.69. The van der Waals surface area contributed by atoms with Crippen LogP contribution in [-0.4, -0.2) is 21.3 Å². The van der Waals surface area contributed by atoms with Gasteiger partial charge in [0.25, 0.3) is 0 Å². The fourth-order valence-corrected chi connectivity index (χ4v) is 0.943. The van der Waals surface area contributed by atoms with Crippen LogP contribution in [0.4, 0.5) is 0 Å². The van der Waals surface area contributed by atoms with Crippen LogP contribution in [0.2, 0.25) is 0 Å². The van der Waals surface area contributed by atoms with Gasteiger partial charge >= 0.3 is 0 Å². The molecule has 0 saturated heterocycles. The van der Waals surface area contributed by atoms with Crippen LogP contribution in [0.1, 0.15) is 19.2 Å². The molecule has 1 aromatic heterocycles. The van der Waals surface area contributed by atoms with E-state index in [1.165, 1.54) is 0 Å². The van der Waals surface area contributed by atoms with Crippen molar-refractivity contribution >= 4 is 0 Å². The van der Waals surface area contributed by atoms with Crippen LogP contribution in [0.5, 0.6) is 0 Å². The summed E-state index contributed by atoms with van der Waals surface area (Å²) in [4.78, 5) is 0. The van der Waals surface area contributed by atoms with Crippen molar-refractivity contribution in [2.45, 2.75) is 19.9 Å². The summed E-state index contributed by atoms with van der Waals surface area (Å²) in [6.07, 6.45) is 2.58. The van der Waals surface area contributed by atoms with Crippen molar-refractivity contribution in [3.8, 4) is 11.8 Å². The molecule has 0 fully saturated rings. The number of hydrogen-bond acceptors (Lipinski definition) is 3. The highest BCUT2D eigenvalue weighted by atomic mass is 15.3. The van der Waals surface area contributed by atoms with E-state index in [9.17, 15) is 0 Å². The minimum Gasteiger partial charge on any atom is -0.320 e. The van der Waals surface area contributed by atoms with Crippen LogP contribution in [0.15, 0.2) is 6.33 Å². The fourth-order valence-electron chi connectivity index (χ4n) is 0.943. The zero-order chi connectivity index (χ0) is 9.52. The Bertz CT molecular complexity index is 305. The summed E-state index contributed by atoms with van der Waals surface area (Å²) in [6, 6.07) is 0. The summed E-state index contributed by atoms with van der Waals surface area (Å²) < 4.78 is 1.90. The van der Waals surface area contributed by atoms with Crippen molar-refractivity contribution in [3.05, 3.63) is 12.2 Å². The molecule has 70 valence electrons. The Hall–Kier alpha value is -1.34. The lowest BCUT2D eigenvalue weighted by atomic mass is 10.4. The van der Waals surface area contributed by atoms with Crippen LogP contribution in [0.3, 0.4) is 0 Å². The van der Waals surface area contributed by atoms with Gasteiger partial charge in [0.1, 0.15) is 12.2 Å². The first-order valence-electron chi connectivity index (χ1n) is 4.28. The molecule has 0 atom stereocenters. The van der Waals surface area contributed by atoms with Gasteiger partial charge < -0.3 is 9.88 Å². The third-order valence-electron chi connectivity index (χ3n) is 1.69. The Labute approximate surface area is 78.4 Å². The lowest BCUT2D eigenvalue weighted by Gasteiger charge is -2.00. The van der Waals surface area contributed by atoms with Crippen LogP contribution in [0, 0.1) is 11.8 Å². The minimum atomic E-state index is 0.752. The molecular weight excluding hydrogens is 164 g/mol. The molecule has 0 saturated carbocycles. The van der Waals surface area contributed by atoms with Gasteiger partial charge in [-0.25, -0.2) is 0 Å². The van der Waals surface area contributed by atoms with Crippen molar-refractivity contribution in [1.29, 1.82) is 0 Å². The Morgan fingerprint density at radius 2 is 2.46 bits per heavy atom. The van der Waals surface area contributed by atoms with E-state index in [0.717, 1.165) is 25.3 Å². The summed E-state index contributed by atoms with van der Waals surface area (Å²) in [7, 11) is 1.93. The molecule has 1 N–H and O–H groups in total. The molecule has 1 heterocycles. The Morgan fingerprint density at radius 1 is 1.62 bits per heavy atom. The van der Waals surface area contributed by atoms with Gasteiger partial charge in [-0.1, -0.05) is 0 Å². The van der Waals surface area contributed by atoms with Gasteiger partial charge in [0, 0.05) is 20.0 Å². The second kappa shape index (κ2) is 5.33. The molecule has 0 aromatic carbocycles. The lowest BCUT2D eigenvalue weighted by molar-refractivity contribution is 0.644. The lowest BCUT2D eigenvalue weighted by Crippen LogP contribution is -2.16. The first kappa shape index (κ1) is 9.75. The topological polar surface area (TPSA) is 42.7 Å². The maximum absolute atomic E-state index is 3.95. The molecule has 13 heavy (non-hydrogen) atoms. The van der Waals surface area contributed by atoms with Gasteiger partial charge in [0.2, 0.25) is 0 Å². The molecule has 1 rings (SSSR count). The summed E-state index contributed by atoms with van der Waals surface area (Å²) in [5.74, 6) is 6.79. The second-order valence-electron chi connectivity index (χ2n) is 2.71. The van der Waals surface area contributed by atoms with E-state index in [-0.39, 0.29) is 0 Å².